The molecule has 1 atom stereocenters. The van der Waals surface area contributed by atoms with Gasteiger partial charge in [0.2, 0.25) is 17.7 Å². The van der Waals surface area contributed by atoms with Gasteiger partial charge in [0.05, 0.1) is 47.8 Å². The fourth-order valence-electron chi connectivity index (χ4n) is 11.4. The molecule has 1 unspecified atom stereocenters. The molecule has 0 radical (unpaired) electrons. The molecule has 87 heavy (non-hydrogen) atoms. The van der Waals surface area contributed by atoms with Crippen LogP contribution in [0.15, 0.2) is 79.0 Å². The summed E-state index contributed by atoms with van der Waals surface area (Å²) < 4.78 is 72.7. The molecule has 3 aliphatic rings. The first-order valence-corrected chi connectivity index (χ1v) is 33.9. The quantitative estimate of drug-likeness (QED) is 0.0239. The summed E-state index contributed by atoms with van der Waals surface area (Å²) in [7, 11) is 1.78. The van der Waals surface area contributed by atoms with Gasteiger partial charge in [-0.25, -0.2) is 14.8 Å². The van der Waals surface area contributed by atoms with Crippen LogP contribution in [0.2, 0.25) is 25.7 Å². The lowest BCUT2D eigenvalue weighted by Crippen LogP contribution is -2.39. The molecule has 4 amide bonds. The van der Waals surface area contributed by atoms with Crippen LogP contribution >= 0.6 is 11.3 Å². The molecule has 2 fully saturated rings. The molecule has 0 saturated carbocycles. The molecule has 0 aliphatic carbocycles. The van der Waals surface area contributed by atoms with E-state index in [1.807, 2.05) is 35.2 Å². The molecule has 0 spiro atoms. The average molecular weight is 1230 g/mol. The summed E-state index contributed by atoms with van der Waals surface area (Å²) in [6.07, 6.45) is 0.457. The van der Waals surface area contributed by atoms with Crippen LogP contribution in [0, 0.1) is 5.92 Å². The number of rotatable bonds is 20. The number of carbonyl (C=O) groups is 5. The number of carbonyl (C=O) groups excluding carboxylic acids is 5. The van der Waals surface area contributed by atoms with Crippen LogP contribution in [0.1, 0.15) is 109 Å². The standard InChI is InChI=1S/C63H73F3N10O9SSi/c1-62(2,3)85-60(81)55-41(19-22-49(70-55)75-31-27-39-24-28-67-54(44(39)35-75)59(80)76(37-83-33-34-87(6,7)8)61-69-45-15-9-10-17-48(45)86-61)40-14-11-16-47(52(40)63(64,65)66)84-32-12-13-38-25-29-74(30-26-38)36-51(78)68-46-21-18-42-53(43-20-23-50(77)71-58(43)79)72-73(4)56(42)57(46)82-5/h9-11,14-19,21-22,24,28,38,43H,12-13,20,23,25-27,29-37H2,1-8H3,(H,68,78)(H,71,77,79). The Bertz CT molecular complexity index is 3710. The first kappa shape index (κ1) is 62.3. The molecule has 2 N–H and O–H groups in total. The molecule has 19 nitrogen and oxygen atoms in total. The summed E-state index contributed by atoms with van der Waals surface area (Å²) in [6.45, 7) is 14.2. The molecule has 460 valence electrons. The van der Waals surface area contributed by atoms with E-state index in [0.29, 0.717) is 96.5 Å². The smallest absolute Gasteiger partial charge is 0.420 e. The maximum Gasteiger partial charge on any atom is 0.420 e. The fraction of sp³-hybridized carbons (Fsp3) is 0.444. The third kappa shape index (κ3) is 14.5. The highest BCUT2D eigenvalue weighted by Gasteiger charge is 2.40. The Hall–Kier alpha value is -7.80. The summed E-state index contributed by atoms with van der Waals surface area (Å²) in [5.41, 5.74) is 1.31. The number of fused-ring (bicyclic) bond motifs is 3. The molecular weight excluding hydrogens is 1160 g/mol. The number of ether oxygens (including phenoxy) is 4. The van der Waals surface area contributed by atoms with E-state index in [9.17, 15) is 24.0 Å². The van der Waals surface area contributed by atoms with Gasteiger partial charge in [-0.1, -0.05) is 55.2 Å². The summed E-state index contributed by atoms with van der Waals surface area (Å²) in [5, 5.41) is 11.1. The van der Waals surface area contributed by atoms with Crippen molar-refractivity contribution < 1.29 is 56.1 Å². The zero-order chi connectivity index (χ0) is 62.0. The Morgan fingerprint density at radius 1 is 0.885 bits per heavy atom. The number of anilines is 3. The van der Waals surface area contributed by atoms with Crippen molar-refractivity contribution in [1.29, 1.82) is 0 Å². The topological polar surface area (TPSA) is 213 Å². The van der Waals surface area contributed by atoms with Crippen molar-refractivity contribution in [2.24, 2.45) is 13.0 Å². The van der Waals surface area contributed by atoms with E-state index in [0.717, 1.165) is 34.7 Å². The molecule has 2 saturated heterocycles. The average Bonchev–Trinajstić information content (AvgIpc) is 1.87. The van der Waals surface area contributed by atoms with Crippen LogP contribution in [0.5, 0.6) is 11.5 Å². The SMILES string of the molecule is COc1c(NC(=O)CN2CCC(CCCOc3cccc(-c4ccc(N5CCc6ccnc(C(=O)N(COCC[Si](C)(C)C)c7nc8ccccc8s7)c6C5)nc4C(=O)OC(C)(C)C)c3C(F)(F)F)CC2)ccc2c(C3CCC(=O)NC3=O)nn(C)c12. The van der Waals surface area contributed by atoms with E-state index in [1.165, 1.54) is 47.6 Å². The van der Waals surface area contributed by atoms with Gasteiger partial charge in [-0.2, -0.15) is 18.3 Å². The van der Waals surface area contributed by atoms with Gasteiger partial charge >= 0.3 is 12.1 Å². The van der Waals surface area contributed by atoms with Gasteiger partial charge in [0.25, 0.3) is 5.91 Å². The molecule has 24 heteroatoms. The maximum absolute atomic E-state index is 15.5. The number of piperidine rings is 2. The number of aryl methyl sites for hydroxylation is 1. The zero-order valence-electron chi connectivity index (χ0n) is 50.3. The van der Waals surface area contributed by atoms with Crippen LogP contribution in [0.4, 0.5) is 29.8 Å². The minimum absolute atomic E-state index is 0.00287. The lowest BCUT2D eigenvalue weighted by Gasteiger charge is -2.32. The minimum atomic E-state index is -4.91. The summed E-state index contributed by atoms with van der Waals surface area (Å²) in [4.78, 5) is 86.7. The van der Waals surface area contributed by atoms with Crippen LogP contribution in [-0.2, 0) is 50.0 Å². The molecule has 10 rings (SSSR count). The zero-order valence-corrected chi connectivity index (χ0v) is 52.1. The van der Waals surface area contributed by atoms with Crippen molar-refractivity contribution in [1.82, 2.24) is 34.9 Å². The number of pyridine rings is 2. The lowest BCUT2D eigenvalue weighted by molar-refractivity contribution is -0.138. The predicted octanol–water partition coefficient (Wildman–Crippen LogP) is 11.2. The number of halogens is 3. The summed E-state index contributed by atoms with van der Waals surface area (Å²) in [5.74, 6) is -2.30. The Balaban J connectivity index is 0.801. The number of alkyl halides is 3. The van der Waals surface area contributed by atoms with E-state index in [-0.39, 0.29) is 78.8 Å². The van der Waals surface area contributed by atoms with E-state index < -0.39 is 49.1 Å². The Morgan fingerprint density at radius 3 is 2.39 bits per heavy atom. The maximum atomic E-state index is 15.5. The highest BCUT2D eigenvalue weighted by Crippen LogP contribution is 2.45. The van der Waals surface area contributed by atoms with Gasteiger partial charge in [0, 0.05) is 69.5 Å². The van der Waals surface area contributed by atoms with Crippen molar-refractivity contribution in [2.75, 3.05) is 68.4 Å². The third-order valence-corrected chi connectivity index (χ3v) is 18.6. The number of benzene rings is 3. The van der Waals surface area contributed by atoms with Gasteiger partial charge in [-0.15, -0.1) is 0 Å². The second kappa shape index (κ2) is 25.9. The van der Waals surface area contributed by atoms with Crippen molar-refractivity contribution >= 4 is 86.8 Å². The number of para-hydroxylation sites is 1. The van der Waals surface area contributed by atoms with Gasteiger partial charge in [-0.3, -0.25) is 44.0 Å². The first-order valence-electron chi connectivity index (χ1n) is 29.4. The largest absolute Gasteiger partial charge is 0.493 e. The van der Waals surface area contributed by atoms with Crippen molar-refractivity contribution in [3.63, 3.8) is 0 Å². The molecule has 3 aromatic carbocycles. The van der Waals surface area contributed by atoms with Gasteiger partial charge < -0.3 is 29.2 Å². The number of imide groups is 1. The Kier molecular flexibility index (Phi) is 18.5. The summed E-state index contributed by atoms with van der Waals surface area (Å²) in [6, 6.07) is 21.0. The Morgan fingerprint density at radius 2 is 1.67 bits per heavy atom. The number of hydrogen-bond acceptors (Lipinski definition) is 16. The van der Waals surface area contributed by atoms with Gasteiger partial charge in [0.15, 0.2) is 16.6 Å². The number of hydrogen-bond donors (Lipinski definition) is 2. The van der Waals surface area contributed by atoms with Crippen molar-refractivity contribution in [3.8, 4) is 22.6 Å². The number of nitrogens with one attached hydrogen (secondary N) is 2. The monoisotopic (exact) mass is 1230 g/mol. The number of methoxy groups -OCH3 is 1. The highest BCUT2D eigenvalue weighted by molar-refractivity contribution is 7.22. The number of amides is 4. The van der Waals surface area contributed by atoms with Crippen molar-refractivity contribution in [3.05, 3.63) is 113 Å². The van der Waals surface area contributed by atoms with E-state index in [2.05, 4.69) is 45.3 Å². The van der Waals surface area contributed by atoms with E-state index >= 15 is 13.2 Å². The summed E-state index contributed by atoms with van der Waals surface area (Å²) >= 11 is 1.38. The number of aromatic nitrogens is 5. The van der Waals surface area contributed by atoms with Crippen LogP contribution < -0.4 is 29.9 Å². The minimum Gasteiger partial charge on any atom is -0.493 e. The fourth-order valence-corrected chi connectivity index (χ4v) is 13.1. The molecule has 4 aromatic heterocycles. The highest BCUT2D eigenvalue weighted by atomic mass is 32.1. The van der Waals surface area contributed by atoms with E-state index in [1.54, 1.807) is 56.9 Å². The van der Waals surface area contributed by atoms with Gasteiger partial charge in [-0.05, 0) is 138 Å². The van der Waals surface area contributed by atoms with Gasteiger partial charge in [0.1, 0.15) is 40.7 Å². The Labute approximate surface area is 507 Å². The number of thiazole rings is 1. The first-order chi connectivity index (χ1) is 41.4. The molecule has 0 bridgehead atoms. The molecule has 7 heterocycles. The molecular formula is C63H73F3N10O9SSi. The number of nitrogens with zero attached hydrogens (tertiary/aromatic N) is 8. The normalized spacial score (nSPS) is 16.2. The second-order valence-corrected chi connectivity index (χ2v) is 31.2. The van der Waals surface area contributed by atoms with Crippen LogP contribution in [-0.4, -0.2) is 126 Å². The van der Waals surface area contributed by atoms with E-state index in [4.69, 9.17) is 28.9 Å². The van der Waals surface area contributed by atoms with Crippen molar-refractivity contribution in [2.45, 2.75) is 116 Å². The lowest BCUT2D eigenvalue weighted by atomic mass is 9.92. The number of esters is 1. The third-order valence-electron chi connectivity index (χ3n) is 15.9. The predicted molar refractivity (Wildman–Crippen MR) is 329 cm³/mol. The molecule has 7 aromatic rings. The van der Waals surface area contributed by atoms with Crippen LogP contribution in [0.25, 0.3) is 32.2 Å². The number of likely N-dealkylation sites (tertiary alicyclic amines) is 1. The van der Waals surface area contributed by atoms with Crippen LogP contribution in [0.3, 0.4) is 0 Å². The second-order valence-electron chi connectivity index (χ2n) is 24.6. The molecule has 3 aliphatic heterocycles.